The number of nitrogens with zero attached hydrogens (tertiary/aromatic N) is 3. The monoisotopic (exact) mass is 267 g/mol. The predicted molar refractivity (Wildman–Crippen MR) is 63.4 cm³/mol. The molecule has 6 heteroatoms. The van der Waals surface area contributed by atoms with Gasteiger partial charge in [0.05, 0.1) is 11.4 Å². The van der Waals surface area contributed by atoms with Crippen molar-refractivity contribution in [2.45, 2.75) is 32.0 Å². The minimum absolute atomic E-state index is 0.0509. The summed E-state index contributed by atoms with van der Waals surface area (Å²) in [6.07, 6.45) is -0.843. The molecule has 0 atom stereocenters. The molecule has 0 aliphatic carbocycles. The van der Waals surface area contributed by atoms with Gasteiger partial charge in [-0.2, -0.15) is 18.3 Å². The first kappa shape index (κ1) is 12.2. The van der Waals surface area contributed by atoms with Gasteiger partial charge in [-0.25, -0.2) is 0 Å². The highest BCUT2D eigenvalue weighted by Gasteiger charge is 2.40. The fourth-order valence-corrected chi connectivity index (χ4v) is 2.47. The Balaban J connectivity index is 2.22. The maximum atomic E-state index is 13.3. The molecule has 0 fully saturated rings. The lowest BCUT2D eigenvalue weighted by Crippen LogP contribution is -2.15. The van der Waals surface area contributed by atoms with Crippen LogP contribution in [-0.4, -0.2) is 14.8 Å². The number of hydrogen-bond acceptors (Lipinski definition) is 2. The molecule has 3 rings (SSSR count). The minimum Gasteiger partial charge on any atom is -0.268 e. The molecule has 19 heavy (non-hydrogen) atoms. The molecule has 1 aliphatic rings. The number of hydrogen-bond donors (Lipinski definition) is 0. The lowest BCUT2D eigenvalue weighted by atomic mass is 10.0. The summed E-state index contributed by atoms with van der Waals surface area (Å²) in [5.74, 6) is 0. The van der Waals surface area contributed by atoms with Crippen molar-refractivity contribution >= 4 is 0 Å². The third-order valence-electron chi connectivity index (χ3n) is 3.28. The molecular formula is C13H12F3N3. The Labute approximate surface area is 108 Å². The van der Waals surface area contributed by atoms with E-state index in [0.29, 0.717) is 18.7 Å². The van der Waals surface area contributed by atoms with Crippen molar-refractivity contribution in [3.63, 3.8) is 0 Å². The van der Waals surface area contributed by atoms with Crippen LogP contribution in [0.15, 0.2) is 24.4 Å². The van der Waals surface area contributed by atoms with E-state index in [1.807, 2.05) is 0 Å². The maximum Gasteiger partial charge on any atom is 0.420 e. The molecular weight excluding hydrogens is 255 g/mol. The average Bonchev–Trinajstić information content (AvgIpc) is 2.79. The van der Waals surface area contributed by atoms with E-state index in [1.165, 1.54) is 10.9 Å². The van der Waals surface area contributed by atoms with E-state index < -0.39 is 11.7 Å². The molecule has 0 unspecified atom stereocenters. The summed E-state index contributed by atoms with van der Waals surface area (Å²) in [6, 6.07) is 4.90. The summed E-state index contributed by atoms with van der Waals surface area (Å²) in [7, 11) is 0. The van der Waals surface area contributed by atoms with Crippen molar-refractivity contribution in [3.8, 4) is 11.4 Å². The highest BCUT2D eigenvalue weighted by Crippen LogP contribution is 2.40. The first-order valence-electron chi connectivity index (χ1n) is 6.15. The van der Waals surface area contributed by atoms with Crippen LogP contribution in [0.3, 0.4) is 0 Å². The van der Waals surface area contributed by atoms with Gasteiger partial charge in [0.2, 0.25) is 0 Å². The minimum atomic E-state index is -4.39. The smallest absolute Gasteiger partial charge is 0.268 e. The van der Waals surface area contributed by atoms with E-state index in [1.54, 1.807) is 18.2 Å². The average molecular weight is 267 g/mol. The Bertz CT molecular complexity index is 587. The molecule has 0 N–H and O–H groups in total. The normalized spacial score (nSPS) is 15.3. The molecule has 1 aliphatic heterocycles. The molecule has 3 heterocycles. The molecule has 0 aromatic carbocycles. The number of aryl methyl sites for hydroxylation is 1. The van der Waals surface area contributed by atoms with Crippen LogP contribution in [0.25, 0.3) is 11.4 Å². The van der Waals surface area contributed by atoms with E-state index in [2.05, 4.69) is 10.1 Å². The van der Waals surface area contributed by atoms with E-state index in [-0.39, 0.29) is 11.4 Å². The number of alkyl halides is 3. The molecule has 3 nitrogen and oxygen atoms in total. The summed E-state index contributed by atoms with van der Waals surface area (Å²) in [4.78, 5) is 3.99. The van der Waals surface area contributed by atoms with Gasteiger partial charge in [0.15, 0.2) is 0 Å². The predicted octanol–water partition coefficient (Wildman–Crippen LogP) is 3.30. The van der Waals surface area contributed by atoms with Crippen LogP contribution in [0.5, 0.6) is 0 Å². The lowest BCUT2D eigenvalue weighted by Gasteiger charge is -2.15. The number of fused-ring (bicyclic) bond motifs is 1. The number of aromatic nitrogens is 3. The molecule has 100 valence electrons. The maximum absolute atomic E-state index is 13.3. The van der Waals surface area contributed by atoms with Crippen molar-refractivity contribution in [1.29, 1.82) is 0 Å². The van der Waals surface area contributed by atoms with Crippen LogP contribution in [0, 0.1) is 0 Å². The largest absolute Gasteiger partial charge is 0.420 e. The fourth-order valence-electron chi connectivity index (χ4n) is 2.47. The van der Waals surface area contributed by atoms with Gasteiger partial charge in [0.1, 0.15) is 11.3 Å². The van der Waals surface area contributed by atoms with Crippen LogP contribution in [0.4, 0.5) is 13.2 Å². The Kier molecular flexibility index (Phi) is 2.80. The Morgan fingerprint density at radius 2 is 2.00 bits per heavy atom. The molecule has 0 saturated heterocycles. The zero-order chi connectivity index (χ0) is 13.5. The van der Waals surface area contributed by atoms with Gasteiger partial charge in [0.25, 0.3) is 0 Å². The number of rotatable bonds is 1. The summed E-state index contributed by atoms with van der Waals surface area (Å²) in [5.41, 5.74) is -0.105. The van der Waals surface area contributed by atoms with Gasteiger partial charge in [-0.3, -0.25) is 9.67 Å². The van der Waals surface area contributed by atoms with Crippen molar-refractivity contribution < 1.29 is 13.2 Å². The van der Waals surface area contributed by atoms with E-state index in [9.17, 15) is 13.2 Å². The van der Waals surface area contributed by atoms with Crippen LogP contribution in [-0.2, 0) is 19.1 Å². The second-order valence-electron chi connectivity index (χ2n) is 4.56. The standard InChI is InChI=1S/C13H12F3N3/c14-13(15,16)11-10-6-2-4-8-19(10)18-12(11)9-5-1-3-7-17-9/h1,3,5,7H,2,4,6,8H2. The van der Waals surface area contributed by atoms with E-state index in [4.69, 9.17) is 0 Å². The summed E-state index contributed by atoms with van der Waals surface area (Å²) in [6.45, 7) is 0.547. The van der Waals surface area contributed by atoms with Crippen molar-refractivity contribution in [2.75, 3.05) is 0 Å². The summed E-state index contributed by atoms with van der Waals surface area (Å²) >= 11 is 0. The zero-order valence-corrected chi connectivity index (χ0v) is 10.1. The molecule has 2 aromatic heterocycles. The molecule has 0 saturated carbocycles. The third kappa shape index (κ3) is 2.11. The highest BCUT2D eigenvalue weighted by molar-refractivity contribution is 5.61. The van der Waals surface area contributed by atoms with Crippen molar-refractivity contribution in [1.82, 2.24) is 14.8 Å². The fraction of sp³-hybridized carbons (Fsp3) is 0.385. The van der Waals surface area contributed by atoms with E-state index in [0.717, 1.165) is 12.8 Å². The van der Waals surface area contributed by atoms with Gasteiger partial charge >= 0.3 is 6.18 Å². The molecule has 0 bridgehead atoms. The SMILES string of the molecule is FC(F)(F)c1c(-c2ccccn2)nn2c1CCCC2. The third-order valence-corrected chi connectivity index (χ3v) is 3.28. The van der Waals surface area contributed by atoms with Gasteiger partial charge in [-0.15, -0.1) is 0 Å². The first-order valence-corrected chi connectivity index (χ1v) is 6.15. The molecule has 2 aromatic rings. The van der Waals surface area contributed by atoms with Gasteiger partial charge in [-0.1, -0.05) is 6.07 Å². The van der Waals surface area contributed by atoms with Gasteiger partial charge in [0, 0.05) is 12.7 Å². The molecule has 0 radical (unpaired) electrons. The lowest BCUT2D eigenvalue weighted by molar-refractivity contribution is -0.137. The van der Waals surface area contributed by atoms with Crippen molar-refractivity contribution in [2.24, 2.45) is 0 Å². The quantitative estimate of drug-likeness (QED) is 0.793. The van der Waals surface area contributed by atoms with Crippen LogP contribution >= 0.6 is 0 Å². The molecule has 0 spiro atoms. The van der Waals surface area contributed by atoms with Crippen LogP contribution < -0.4 is 0 Å². The van der Waals surface area contributed by atoms with E-state index >= 15 is 0 Å². The summed E-state index contributed by atoms with van der Waals surface area (Å²) < 4.78 is 41.3. The number of halogens is 3. The van der Waals surface area contributed by atoms with Gasteiger partial charge in [-0.05, 0) is 31.4 Å². The Morgan fingerprint density at radius 3 is 2.68 bits per heavy atom. The van der Waals surface area contributed by atoms with Crippen LogP contribution in [0.2, 0.25) is 0 Å². The molecule has 0 amide bonds. The van der Waals surface area contributed by atoms with Gasteiger partial charge < -0.3 is 0 Å². The highest BCUT2D eigenvalue weighted by atomic mass is 19.4. The topological polar surface area (TPSA) is 30.7 Å². The Hall–Kier alpha value is -1.85. The number of pyridine rings is 1. The van der Waals surface area contributed by atoms with Crippen molar-refractivity contribution in [3.05, 3.63) is 35.7 Å². The second kappa shape index (κ2) is 4.36. The second-order valence-corrected chi connectivity index (χ2v) is 4.56. The van der Waals surface area contributed by atoms with Crippen LogP contribution in [0.1, 0.15) is 24.1 Å². The first-order chi connectivity index (χ1) is 9.07. The zero-order valence-electron chi connectivity index (χ0n) is 10.1. The summed E-state index contributed by atoms with van der Waals surface area (Å²) in [5, 5.41) is 4.12. The Morgan fingerprint density at radius 1 is 1.16 bits per heavy atom.